The first-order chi connectivity index (χ1) is 11.6. The summed E-state index contributed by atoms with van der Waals surface area (Å²) in [7, 11) is 0. The van der Waals surface area contributed by atoms with Gasteiger partial charge < -0.3 is 10.2 Å². The molecule has 1 saturated heterocycles. The lowest BCUT2D eigenvalue weighted by Crippen LogP contribution is -2.40. The lowest BCUT2D eigenvalue weighted by molar-refractivity contribution is -0.123. The fraction of sp³-hybridized carbons (Fsp3) is 0.833. The fourth-order valence-corrected chi connectivity index (χ4v) is 3.75. The molecule has 0 radical (unpaired) electrons. The van der Waals surface area contributed by atoms with Crippen LogP contribution in [-0.2, 0) is 11.3 Å². The Morgan fingerprint density at radius 3 is 2.58 bits per heavy atom. The van der Waals surface area contributed by atoms with Crippen LogP contribution in [0.1, 0.15) is 64.7 Å². The molecule has 1 aromatic heterocycles. The highest BCUT2D eigenvalue weighted by atomic mass is 16.1. The van der Waals surface area contributed by atoms with Crippen LogP contribution in [0.15, 0.2) is 6.33 Å². The zero-order chi connectivity index (χ0) is 17.1. The van der Waals surface area contributed by atoms with Gasteiger partial charge in [-0.3, -0.25) is 4.79 Å². The highest BCUT2D eigenvalue weighted by Crippen LogP contribution is 2.40. The van der Waals surface area contributed by atoms with E-state index in [2.05, 4.69) is 41.1 Å². The van der Waals surface area contributed by atoms with E-state index in [0.717, 1.165) is 38.3 Å². The fourth-order valence-electron chi connectivity index (χ4n) is 3.75. The second-order valence-corrected chi connectivity index (χ2v) is 7.59. The molecule has 134 valence electrons. The summed E-state index contributed by atoms with van der Waals surface area (Å²) >= 11 is 0. The summed E-state index contributed by atoms with van der Waals surface area (Å²) in [6.45, 7) is 9.58. The van der Waals surface area contributed by atoms with Crippen LogP contribution in [0.3, 0.4) is 0 Å². The maximum atomic E-state index is 12.6. The first-order valence-electron chi connectivity index (χ1n) is 9.49. The Hall–Kier alpha value is -1.43. The average Bonchev–Trinajstić information content (AvgIpc) is 3.30. The Balaban J connectivity index is 1.53. The summed E-state index contributed by atoms with van der Waals surface area (Å²) in [6, 6.07) is 0.648. The lowest BCUT2D eigenvalue weighted by Gasteiger charge is -2.34. The van der Waals surface area contributed by atoms with E-state index in [9.17, 15) is 4.79 Å². The van der Waals surface area contributed by atoms with Crippen LogP contribution >= 0.6 is 0 Å². The maximum Gasteiger partial charge on any atom is 0.220 e. The molecular formula is C18H31N5O. The Morgan fingerprint density at radius 1 is 1.29 bits per heavy atom. The Kier molecular flexibility index (Phi) is 5.54. The molecule has 0 spiro atoms. The van der Waals surface area contributed by atoms with Crippen molar-refractivity contribution in [2.75, 3.05) is 13.1 Å². The van der Waals surface area contributed by atoms with Gasteiger partial charge >= 0.3 is 0 Å². The van der Waals surface area contributed by atoms with Crippen LogP contribution in [0.5, 0.6) is 0 Å². The topological polar surface area (TPSA) is 63.1 Å². The molecule has 2 aliphatic rings. The summed E-state index contributed by atoms with van der Waals surface area (Å²) in [6.07, 6.45) is 6.86. The van der Waals surface area contributed by atoms with E-state index in [-0.39, 0.29) is 11.9 Å². The van der Waals surface area contributed by atoms with Crippen molar-refractivity contribution in [1.29, 1.82) is 0 Å². The third-order valence-electron chi connectivity index (χ3n) is 5.49. The van der Waals surface area contributed by atoms with Crippen LogP contribution in [0, 0.1) is 11.8 Å². The summed E-state index contributed by atoms with van der Waals surface area (Å²) in [5.41, 5.74) is 0. The van der Waals surface area contributed by atoms with Gasteiger partial charge in [0.2, 0.25) is 5.91 Å². The molecule has 2 heterocycles. The predicted octanol–water partition coefficient (Wildman–Crippen LogP) is 2.38. The standard InChI is InChI=1S/C18H31N5O/c1-4-23-18(19-12-20-23)17(15-5-6-15)21-16(24)11-14-7-9-22(10-8-14)13(2)3/h12-15,17H,4-11H2,1-3H3,(H,21,24)/t17-/m0/s1. The second-order valence-electron chi connectivity index (χ2n) is 7.59. The molecule has 1 atom stereocenters. The molecule has 1 aliphatic carbocycles. The van der Waals surface area contributed by atoms with E-state index in [1.54, 1.807) is 6.33 Å². The van der Waals surface area contributed by atoms with Crippen LogP contribution in [0.2, 0.25) is 0 Å². The zero-order valence-electron chi connectivity index (χ0n) is 15.2. The normalized spacial score (nSPS) is 21.2. The molecule has 0 unspecified atom stereocenters. The minimum Gasteiger partial charge on any atom is -0.346 e. The van der Waals surface area contributed by atoms with Crippen LogP contribution < -0.4 is 5.32 Å². The minimum absolute atomic E-state index is 0.0377. The Labute approximate surface area is 145 Å². The molecule has 1 aromatic rings. The van der Waals surface area contributed by atoms with Crippen molar-refractivity contribution in [1.82, 2.24) is 25.0 Å². The van der Waals surface area contributed by atoms with Gasteiger partial charge in [-0.05, 0) is 71.4 Å². The van der Waals surface area contributed by atoms with Gasteiger partial charge in [-0.1, -0.05) is 0 Å². The van der Waals surface area contributed by atoms with E-state index >= 15 is 0 Å². The number of likely N-dealkylation sites (tertiary alicyclic amines) is 1. The van der Waals surface area contributed by atoms with Gasteiger partial charge in [0.05, 0.1) is 6.04 Å². The predicted molar refractivity (Wildman–Crippen MR) is 93.4 cm³/mol. The number of carbonyl (C=O) groups excluding carboxylic acids is 1. The van der Waals surface area contributed by atoms with Crippen molar-refractivity contribution in [2.45, 2.75) is 71.5 Å². The van der Waals surface area contributed by atoms with Gasteiger partial charge in [-0.2, -0.15) is 5.10 Å². The van der Waals surface area contributed by atoms with E-state index in [1.165, 1.54) is 12.8 Å². The van der Waals surface area contributed by atoms with E-state index in [4.69, 9.17) is 0 Å². The molecular weight excluding hydrogens is 302 g/mol. The second kappa shape index (κ2) is 7.64. The zero-order valence-corrected chi connectivity index (χ0v) is 15.2. The molecule has 1 amide bonds. The first kappa shape index (κ1) is 17.4. The lowest BCUT2D eigenvalue weighted by atomic mass is 9.92. The number of rotatable bonds is 7. The van der Waals surface area contributed by atoms with Crippen LogP contribution in [-0.4, -0.2) is 44.7 Å². The van der Waals surface area contributed by atoms with Gasteiger partial charge in [0, 0.05) is 19.0 Å². The van der Waals surface area contributed by atoms with Gasteiger partial charge in [0.25, 0.3) is 0 Å². The number of amides is 1. The van der Waals surface area contributed by atoms with Crippen molar-refractivity contribution in [2.24, 2.45) is 11.8 Å². The van der Waals surface area contributed by atoms with Gasteiger partial charge in [0.15, 0.2) is 0 Å². The largest absolute Gasteiger partial charge is 0.346 e. The Morgan fingerprint density at radius 2 is 2.00 bits per heavy atom. The minimum atomic E-state index is 0.0377. The molecule has 0 bridgehead atoms. The SMILES string of the molecule is CCn1ncnc1[C@@H](NC(=O)CC1CCN(C(C)C)CC1)C1CC1. The number of carbonyl (C=O) groups is 1. The Bertz CT molecular complexity index is 543. The van der Waals surface area contributed by atoms with Gasteiger partial charge in [0.1, 0.15) is 12.2 Å². The molecule has 2 fully saturated rings. The van der Waals surface area contributed by atoms with Crippen molar-refractivity contribution < 1.29 is 4.79 Å². The molecule has 24 heavy (non-hydrogen) atoms. The van der Waals surface area contributed by atoms with E-state index < -0.39 is 0 Å². The highest BCUT2D eigenvalue weighted by Gasteiger charge is 2.36. The molecule has 1 aliphatic heterocycles. The number of piperidine rings is 1. The third-order valence-corrected chi connectivity index (χ3v) is 5.49. The van der Waals surface area contributed by atoms with Gasteiger partial charge in [-0.15, -0.1) is 0 Å². The maximum absolute atomic E-state index is 12.6. The van der Waals surface area contributed by atoms with Crippen molar-refractivity contribution >= 4 is 5.91 Å². The third kappa shape index (κ3) is 4.15. The molecule has 1 saturated carbocycles. The molecule has 6 heteroatoms. The molecule has 6 nitrogen and oxygen atoms in total. The number of hydrogen-bond donors (Lipinski definition) is 1. The monoisotopic (exact) mass is 333 g/mol. The quantitative estimate of drug-likeness (QED) is 0.832. The van der Waals surface area contributed by atoms with Crippen molar-refractivity contribution in [3.63, 3.8) is 0 Å². The van der Waals surface area contributed by atoms with Crippen LogP contribution in [0.25, 0.3) is 0 Å². The summed E-state index contributed by atoms with van der Waals surface area (Å²) in [5, 5.41) is 7.52. The number of aryl methyl sites for hydroxylation is 1. The van der Waals surface area contributed by atoms with Crippen molar-refractivity contribution in [3.8, 4) is 0 Å². The van der Waals surface area contributed by atoms with E-state index in [1.807, 2.05) is 4.68 Å². The number of nitrogens with zero attached hydrogens (tertiary/aromatic N) is 4. The number of aromatic nitrogens is 3. The van der Waals surface area contributed by atoms with E-state index in [0.29, 0.717) is 24.3 Å². The first-order valence-corrected chi connectivity index (χ1v) is 9.49. The molecule has 1 N–H and O–H groups in total. The van der Waals surface area contributed by atoms with Crippen molar-refractivity contribution in [3.05, 3.63) is 12.2 Å². The smallest absolute Gasteiger partial charge is 0.220 e. The number of nitrogens with one attached hydrogen (secondary N) is 1. The molecule has 0 aromatic carbocycles. The summed E-state index contributed by atoms with van der Waals surface area (Å²) in [4.78, 5) is 19.5. The summed E-state index contributed by atoms with van der Waals surface area (Å²) in [5.74, 6) is 2.15. The average molecular weight is 333 g/mol. The highest BCUT2D eigenvalue weighted by molar-refractivity contribution is 5.76. The summed E-state index contributed by atoms with van der Waals surface area (Å²) < 4.78 is 1.91. The van der Waals surface area contributed by atoms with Gasteiger partial charge in [-0.25, -0.2) is 9.67 Å². The molecule has 3 rings (SSSR count). The van der Waals surface area contributed by atoms with Crippen LogP contribution in [0.4, 0.5) is 0 Å². The number of hydrogen-bond acceptors (Lipinski definition) is 4.